The van der Waals surface area contributed by atoms with Gasteiger partial charge in [0.2, 0.25) is 0 Å². The van der Waals surface area contributed by atoms with Gasteiger partial charge in [0.15, 0.2) is 0 Å². The van der Waals surface area contributed by atoms with Gasteiger partial charge in [0, 0.05) is 6.20 Å². The summed E-state index contributed by atoms with van der Waals surface area (Å²) in [5.41, 5.74) is 9.67. The molecule has 4 heteroatoms. The van der Waals surface area contributed by atoms with Crippen molar-refractivity contribution in [1.29, 1.82) is 0 Å². The van der Waals surface area contributed by atoms with Gasteiger partial charge in [-0.15, -0.1) is 0 Å². The molecule has 1 aromatic heterocycles. The van der Waals surface area contributed by atoms with Crippen molar-refractivity contribution in [2.45, 2.75) is 38.5 Å². The van der Waals surface area contributed by atoms with E-state index in [1.165, 1.54) is 17.3 Å². The fraction of sp³-hybridized carbons (Fsp3) is 0.375. The van der Waals surface area contributed by atoms with Crippen molar-refractivity contribution < 1.29 is 4.79 Å². The van der Waals surface area contributed by atoms with Crippen LogP contribution >= 0.6 is 0 Å². The maximum atomic E-state index is 11.2. The Morgan fingerprint density at radius 2 is 2.20 bits per heavy atom. The van der Waals surface area contributed by atoms with E-state index in [-0.39, 0.29) is 5.41 Å². The fourth-order valence-electron chi connectivity index (χ4n) is 3.42. The predicted molar refractivity (Wildman–Crippen MR) is 78.1 cm³/mol. The number of nitrogens with zero attached hydrogens (tertiary/aromatic N) is 2. The van der Waals surface area contributed by atoms with Gasteiger partial charge in [-0.3, -0.25) is 4.79 Å². The number of carbonyl (C=O) groups is 1. The van der Waals surface area contributed by atoms with E-state index in [1.807, 2.05) is 0 Å². The first-order chi connectivity index (χ1) is 9.40. The van der Waals surface area contributed by atoms with Gasteiger partial charge < -0.3 is 5.73 Å². The predicted octanol–water partition coefficient (Wildman–Crippen LogP) is 2.76. The summed E-state index contributed by atoms with van der Waals surface area (Å²) in [6.07, 6.45) is 4.35. The monoisotopic (exact) mass is 269 g/mol. The van der Waals surface area contributed by atoms with E-state index in [9.17, 15) is 4.79 Å². The van der Waals surface area contributed by atoms with E-state index in [0.717, 1.165) is 12.1 Å². The standard InChI is InChI=1S/C16H19N3O/c1-10-7-16(2,3)12-5-4-6-13(14(10)12)19-9-11(8-18-19)15(17)20/h4-6,8-10H,7H2,1-3H3,(H2,17,20). The summed E-state index contributed by atoms with van der Waals surface area (Å²) in [5, 5.41) is 4.28. The molecular weight excluding hydrogens is 250 g/mol. The van der Waals surface area contributed by atoms with Crippen LogP contribution in [0.1, 0.15) is 54.6 Å². The van der Waals surface area contributed by atoms with Crippen LogP contribution in [0.4, 0.5) is 0 Å². The zero-order valence-corrected chi connectivity index (χ0v) is 12.1. The third-order valence-electron chi connectivity index (χ3n) is 4.24. The van der Waals surface area contributed by atoms with Crippen molar-refractivity contribution in [1.82, 2.24) is 9.78 Å². The Hall–Kier alpha value is -2.10. The molecular formula is C16H19N3O. The molecule has 0 aliphatic heterocycles. The lowest BCUT2D eigenvalue weighted by atomic mass is 9.86. The Balaban J connectivity index is 2.16. The summed E-state index contributed by atoms with van der Waals surface area (Å²) in [7, 11) is 0. The smallest absolute Gasteiger partial charge is 0.251 e. The number of hydrogen-bond acceptors (Lipinski definition) is 2. The van der Waals surface area contributed by atoms with Crippen LogP contribution in [0.5, 0.6) is 0 Å². The first kappa shape index (κ1) is 12.9. The van der Waals surface area contributed by atoms with Crippen LogP contribution in [0.25, 0.3) is 5.69 Å². The molecule has 0 saturated carbocycles. The van der Waals surface area contributed by atoms with Gasteiger partial charge in [-0.05, 0) is 34.9 Å². The molecule has 104 valence electrons. The molecule has 2 N–H and O–H groups in total. The van der Waals surface area contributed by atoms with Gasteiger partial charge in [-0.25, -0.2) is 4.68 Å². The zero-order valence-electron chi connectivity index (χ0n) is 12.1. The van der Waals surface area contributed by atoms with Crippen LogP contribution in [-0.2, 0) is 5.41 Å². The summed E-state index contributed by atoms with van der Waals surface area (Å²) in [5.74, 6) is 0.0367. The van der Waals surface area contributed by atoms with E-state index in [0.29, 0.717) is 11.5 Å². The maximum absolute atomic E-state index is 11.2. The van der Waals surface area contributed by atoms with Crippen LogP contribution < -0.4 is 5.73 Å². The van der Waals surface area contributed by atoms with Gasteiger partial charge >= 0.3 is 0 Å². The lowest BCUT2D eigenvalue weighted by Gasteiger charge is -2.19. The van der Waals surface area contributed by atoms with Crippen molar-refractivity contribution in [2.75, 3.05) is 0 Å². The second-order valence-electron chi connectivity index (χ2n) is 6.27. The second kappa shape index (κ2) is 4.20. The first-order valence-corrected chi connectivity index (χ1v) is 6.88. The zero-order chi connectivity index (χ0) is 14.5. The molecule has 1 aromatic carbocycles. The summed E-state index contributed by atoms with van der Waals surface area (Å²) in [6, 6.07) is 6.30. The number of hydrogen-bond donors (Lipinski definition) is 1. The number of benzene rings is 1. The van der Waals surface area contributed by atoms with Crippen molar-refractivity contribution in [3.63, 3.8) is 0 Å². The van der Waals surface area contributed by atoms with Crippen LogP contribution in [0.3, 0.4) is 0 Å². The van der Waals surface area contributed by atoms with Crippen LogP contribution in [0.2, 0.25) is 0 Å². The van der Waals surface area contributed by atoms with Crippen LogP contribution in [-0.4, -0.2) is 15.7 Å². The summed E-state index contributed by atoms with van der Waals surface area (Å²) in [4.78, 5) is 11.2. The Labute approximate surface area is 118 Å². The molecule has 3 rings (SSSR count). The third kappa shape index (κ3) is 1.83. The normalized spacial score (nSPS) is 19.9. The molecule has 0 fully saturated rings. The number of aromatic nitrogens is 2. The Kier molecular flexibility index (Phi) is 2.71. The van der Waals surface area contributed by atoms with Gasteiger partial charge in [0.1, 0.15) is 0 Å². The average Bonchev–Trinajstić information content (AvgIpc) is 2.94. The molecule has 1 amide bonds. The molecule has 4 nitrogen and oxygen atoms in total. The van der Waals surface area contributed by atoms with Gasteiger partial charge in [-0.1, -0.05) is 32.9 Å². The molecule has 0 bridgehead atoms. The van der Waals surface area contributed by atoms with E-state index in [2.05, 4.69) is 44.1 Å². The van der Waals surface area contributed by atoms with Crippen LogP contribution in [0, 0.1) is 0 Å². The highest BCUT2D eigenvalue weighted by molar-refractivity contribution is 5.92. The van der Waals surface area contributed by atoms with E-state index < -0.39 is 5.91 Å². The lowest BCUT2D eigenvalue weighted by molar-refractivity contribution is 0.100. The van der Waals surface area contributed by atoms with Gasteiger partial charge in [-0.2, -0.15) is 5.10 Å². The molecule has 0 saturated heterocycles. The topological polar surface area (TPSA) is 60.9 Å². The molecule has 1 atom stereocenters. The molecule has 1 unspecified atom stereocenters. The number of fused-ring (bicyclic) bond motifs is 1. The molecule has 0 spiro atoms. The first-order valence-electron chi connectivity index (χ1n) is 6.88. The number of amides is 1. The number of primary amides is 1. The van der Waals surface area contributed by atoms with Gasteiger partial charge in [0.05, 0.1) is 17.4 Å². The molecule has 1 heterocycles. The molecule has 1 aliphatic carbocycles. The minimum Gasteiger partial charge on any atom is -0.366 e. The number of nitrogens with two attached hydrogens (primary N) is 1. The summed E-state index contributed by atoms with van der Waals surface area (Å²) < 4.78 is 1.76. The highest BCUT2D eigenvalue weighted by Crippen LogP contribution is 2.47. The molecule has 2 aromatic rings. The number of rotatable bonds is 2. The minimum absolute atomic E-state index is 0.185. The SMILES string of the molecule is CC1CC(C)(C)c2cccc(-n3cc(C(N)=O)cn3)c21. The van der Waals surface area contributed by atoms with E-state index in [1.54, 1.807) is 10.9 Å². The summed E-state index contributed by atoms with van der Waals surface area (Å²) >= 11 is 0. The average molecular weight is 269 g/mol. The minimum atomic E-state index is -0.447. The summed E-state index contributed by atoms with van der Waals surface area (Å²) in [6.45, 7) is 6.80. The Bertz CT molecular complexity index is 685. The number of carbonyl (C=O) groups excluding carboxylic acids is 1. The molecule has 1 aliphatic rings. The lowest BCUT2D eigenvalue weighted by Crippen LogP contribution is -2.12. The highest BCUT2D eigenvalue weighted by Gasteiger charge is 2.36. The molecule has 20 heavy (non-hydrogen) atoms. The largest absolute Gasteiger partial charge is 0.366 e. The highest BCUT2D eigenvalue weighted by atomic mass is 16.1. The van der Waals surface area contributed by atoms with E-state index in [4.69, 9.17) is 5.73 Å². The Morgan fingerprint density at radius 1 is 1.45 bits per heavy atom. The third-order valence-corrected chi connectivity index (χ3v) is 4.24. The quantitative estimate of drug-likeness (QED) is 0.911. The van der Waals surface area contributed by atoms with Crippen LogP contribution in [0.15, 0.2) is 30.6 Å². The second-order valence-corrected chi connectivity index (χ2v) is 6.27. The van der Waals surface area contributed by atoms with E-state index >= 15 is 0 Å². The molecule has 0 radical (unpaired) electrons. The van der Waals surface area contributed by atoms with Crippen molar-refractivity contribution in [3.05, 3.63) is 47.3 Å². The fourth-order valence-corrected chi connectivity index (χ4v) is 3.42. The van der Waals surface area contributed by atoms with Gasteiger partial charge in [0.25, 0.3) is 5.91 Å². The van der Waals surface area contributed by atoms with Crippen molar-refractivity contribution in [3.8, 4) is 5.69 Å². The van der Waals surface area contributed by atoms with Crippen molar-refractivity contribution >= 4 is 5.91 Å². The maximum Gasteiger partial charge on any atom is 0.251 e. The van der Waals surface area contributed by atoms with Crippen molar-refractivity contribution in [2.24, 2.45) is 5.73 Å². The Morgan fingerprint density at radius 3 is 2.85 bits per heavy atom.